The number of amides is 1. The van der Waals surface area contributed by atoms with Crippen molar-refractivity contribution in [3.8, 4) is 11.5 Å². The Morgan fingerprint density at radius 3 is 2.17 bits per heavy atom. The summed E-state index contributed by atoms with van der Waals surface area (Å²) < 4.78 is 10.7. The van der Waals surface area contributed by atoms with Crippen LogP contribution in [0.4, 0.5) is 0 Å². The minimum Gasteiger partial charge on any atom is -0.493 e. The third-order valence-electron chi connectivity index (χ3n) is 4.75. The number of hydrogen-bond donors (Lipinski definition) is 1. The van der Waals surface area contributed by atoms with Crippen molar-refractivity contribution in [3.63, 3.8) is 0 Å². The summed E-state index contributed by atoms with van der Waals surface area (Å²) >= 11 is 1.99. The molecule has 0 radical (unpaired) electrons. The normalized spacial score (nSPS) is 15.5. The van der Waals surface area contributed by atoms with Crippen LogP contribution in [-0.2, 0) is 32.1 Å². The second kappa shape index (κ2) is 10.7. The lowest BCUT2D eigenvalue weighted by Crippen LogP contribution is -2.51. The summed E-state index contributed by atoms with van der Waals surface area (Å²) in [4.78, 5) is 49.4. The quantitative estimate of drug-likeness (QED) is 0.631. The van der Waals surface area contributed by atoms with Gasteiger partial charge in [0.05, 0.1) is 20.1 Å². The molecular weight excluding hydrogens is 430 g/mol. The van der Waals surface area contributed by atoms with Crippen LogP contribution < -0.4 is 9.47 Å². The number of benzene rings is 1. The van der Waals surface area contributed by atoms with E-state index in [2.05, 4.69) is 0 Å². The number of fused-ring (bicyclic) bond motifs is 1. The zero-order valence-corrected chi connectivity index (χ0v) is 18.9. The second-order valence-electron chi connectivity index (χ2n) is 6.77. The van der Waals surface area contributed by atoms with E-state index in [1.54, 1.807) is 12.1 Å². The molecular formula is C20H25NO7S2. The van der Waals surface area contributed by atoms with E-state index in [0.29, 0.717) is 17.1 Å². The van der Waals surface area contributed by atoms with E-state index in [1.807, 2.05) is 0 Å². The average Bonchev–Trinajstić information content (AvgIpc) is 2.70. The molecule has 1 aromatic carbocycles. The van der Waals surface area contributed by atoms with Crippen LogP contribution in [0, 0.1) is 5.92 Å². The van der Waals surface area contributed by atoms with Crippen LogP contribution in [0.15, 0.2) is 12.1 Å². The van der Waals surface area contributed by atoms with Crippen molar-refractivity contribution in [2.24, 2.45) is 5.92 Å². The number of carboxylic acids is 1. The minimum atomic E-state index is -1.13. The van der Waals surface area contributed by atoms with E-state index >= 15 is 0 Å². The summed E-state index contributed by atoms with van der Waals surface area (Å²) in [5, 5.41) is 9.52. The Labute approximate surface area is 183 Å². The molecule has 164 valence electrons. The number of aliphatic carboxylic acids is 1. The lowest BCUT2D eigenvalue weighted by atomic mass is 9.91. The summed E-state index contributed by atoms with van der Waals surface area (Å²) in [6.07, 6.45) is 0.0726. The first-order valence-electron chi connectivity index (χ1n) is 9.22. The van der Waals surface area contributed by atoms with Crippen LogP contribution in [0.3, 0.4) is 0 Å². The van der Waals surface area contributed by atoms with E-state index in [9.17, 15) is 24.3 Å². The van der Waals surface area contributed by atoms with Gasteiger partial charge in [-0.25, -0.2) is 4.79 Å². The van der Waals surface area contributed by atoms with Crippen LogP contribution in [0.2, 0.25) is 0 Å². The van der Waals surface area contributed by atoms with Gasteiger partial charge in [-0.2, -0.15) is 0 Å². The van der Waals surface area contributed by atoms with E-state index in [0.717, 1.165) is 29.1 Å². The first kappa shape index (κ1) is 24.1. The standard InChI is InChI=1S/C20H25NO7S2/c1-11(22)29-9-14(10-30-12(2)23)19(24)21-8-13-5-6-17(27-3)18(28-4)15(13)7-16(21)20(25)26/h5-6,14,16H,7-10H2,1-4H3,(H,25,26). The number of nitrogens with zero attached hydrogens (tertiary/aromatic N) is 1. The number of carbonyl (C=O) groups excluding carboxylic acids is 3. The maximum Gasteiger partial charge on any atom is 0.326 e. The molecule has 8 nitrogen and oxygen atoms in total. The van der Waals surface area contributed by atoms with Crippen LogP contribution in [0.25, 0.3) is 0 Å². The van der Waals surface area contributed by atoms with Crippen LogP contribution >= 0.6 is 23.5 Å². The molecule has 1 atom stereocenters. The Balaban J connectivity index is 2.37. The molecule has 1 aromatic rings. The predicted octanol–water partition coefficient (Wildman–Crippen LogP) is 2.22. The number of methoxy groups -OCH3 is 2. The van der Waals surface area contributed by atoms with Gasteiger partial charge in [0.1, 0.15) is 6.04 Å². The first-order chi connectivity index (χ1) is 14.2. The lowest BCUT2D eigenvalue weighted by Gasteiger charge is -2.37. The van der Waals surface area contributed by atoms with Crippen LogP contribution in [0.1, 0.15) is 25.0 Å². The van der Waals surface area contributed by atoms with Gasteiger partial charge in [0.2, 0.25) is 5.91 Å². The van der Waals surface area contributed by atoms with Gasteiger partial charge in [0.15, 0.2) is 21.7 Å². The molecule has 0 saturated carbocycles. The highest BCUT2D eigenvalue weighted by atomic mass is 32.2. The Hall–Kier alpha value is -2.20. The molecule has 0 aromatic heterocycles. The van der Waals surface area contributed by atoms with Crippen molar-refractivity contribution >= 4 is 45.6 Å². The van der Waals surface area contributed by atoms with E-state index in [-0.39, 0.29) is 40.6 Å². The molecule has 0 spiro atoms. The van der Waals surface area contributed by atoms with Crippen molar-refractivity contribution < 1.29 is 33.8 Å². The third-order valence-corrected chi connectivity index (χ3v) is 6.70. The molecule has 1 aliphatic heterocycles. The first-order valence-corrected chi connectivity index (χ1v) is 11.2. The largest absolute Gasteiger partial charge is 0.493 e. The Kier molecular flexibility index (Phi) is 8.60. The molecule has 1 amide bonds. The predicted molar refractivity (Wildman–Crippen MR) is 115 cm³/mol. The van der Waals surface area contributed by atoms with Crippen molar-refractivity contribution in [3.05, 3.63) is 23.3 Å². The van der Waals surface area contributed by atoms with E-state index in [4.69, 9.17) is 9.47 Å². The summed E-state index contributed by atoms with van der Waals surface area (Å²) in [5.41, 5.74) is 1.47. The molecule has 0 bridgehead atoms. The lowest BCUT2D eigenvalue weighted by molar-refractivity contribution is -0.152. The number of rotatable bonds is 8. The molecule has 1 heterocycles. The maximum atomic E-state index is 13.3. The highest BCUT2D eigenvalue weighted by Crippen LogP contribution is 2.38. The molecule has 30 heavy (non-hydrogen) atoms. The van der Waals surface area contributed by atoms with E-state index < -0.39 is 17.9 Å². The fourth-order valence-electron chi connectivity index (χ4n) is 3.31. The number of carbonyl (C=O) groups is 4. The van der Waals surface area contributed by atoms with Gasteiger partial charge in [-0.3, -0.25) is 14.4 Å². The molecule has 0 saturated heterocycles. The SMILES string of the molecule is COc1ccc2c(c1OC)CC(C(=O)O)N(C(=O)C(CSC(C)=O)CSC(C)=O)C2. The Bertz CT molecular complexity index is 825. The van der Waals surface area contributed by atoms with Crippen molar-refractivity contribution in [1.29, 1.82) is 0 Å². The number of thioether (sulfide) groups is 2. The summed E-state index contributed by atoms with van der Waals surface area (Å²) in [6, 6.07) is 2.42. The zero-order valence-electron chi connectivity index (χ0n) is 17.3. The van der Waals surface area contributed by atoms with Crippen molar-refractivity contribution in [2.45, 2.75) is 32.9 Å². The topological polar surface area (TPSA) is 110 Å². The van der Waals surface area contributed by atoms with Gasteiger partial charge in [0, 0.05) is 43.9 Å². The van der Waals surface area contributed by atoms with Gasteiger partial charge in [-0.15, -0.1) is 0 Å². The van der Waals surface area contributed by atoms with Gasteiger partial charge >= 0.3 is 5.97 Å². The minimum absolute atomic E-state index is 0.0726. The van der Waals surface area contributed by atoms with Gasteiger partial charge in [-0.05, 0) is 11.6 Å². The fourth-order valence-corrected chi connectivity index (χ4v) is 4.86. The highest BCUT2D eigenvalue weighted by Gasteiger charge is 2.39. The molecule has 2 rings (SSSR count). The van der Waals surface area contributed by atoms with Gasteiger partial charge in [0.25, 0.3) is 0 Å². The molecule has 0 aliphatic carbocycles. The highest BCUT2D eigenvalue weighted by molar-refractivity contribution is 8.14. The zero-order chi connectivity index (χ0) is 22.4. The van der Waals surface area contributed by atoms with Gasteiger partial charge < -0.3 is 19.5 Å². The number of carboxylic acid groups (broad SMARTS) is 1. The van der Waals surface area contributed by atoms with Crippen LogP contribution in [0.5, 0.6) is 11.5 Å². The molecule has 1 unspecified atom stereocenters. The second-order valence-corrected chi connectivity index (χ2v) is 9.16. The Morgan fingerprint density at radius 2 is 1.70 bits per heavy atom. The summed E-state index contributed by atoms with van der Waals surface area (Å²) in [7, 11) is 2.99. The Morgan fingerprint density at radius 1 is 1.10 bits per heavy atom. The summed E-state index contributed by atoms with van der Waals surface area (Å²) in [5.74, 6) is -0.831. The molecule has 0 fully saturated rings. The average molecular weight is 456 g/mol. The third kappa shape index (κ3) is 5.69. The molecule has 10 heteroatoms. The monoisotopic (exact) mass is 455 g/mol. The van der Waals surface area contributed by atoms with Crippen molar-refractivity contribution in [2.75, 3.05) is 25.7 Å². The van der Waals surface area contributed by atoms with Crippen molar-refractivity contribution in [1.82, 2.24) is 4.90 Å². The molecule has 1 N–H and O–H groups in total. The van der Waals surface area contributed by atoms with E-state index in [1.165, 1.54) is 33.0 Å². The maximum absolute atomic E-state index is 13.3. The summed E-state index contributed by atoms with van der Waals surface area (Å²) in [6.45, 7) is 2.90. The van der Waals surface area contributed by atoms with Crippen LogP contribution in [-0.4, -0.2) is 63.9 Å². The van der Waals surface area contributed by atoms with Gasteiger partial charge in [-0.1, -0.05) is 29.6 Å². The fraction of sp³-hybridized carbons (Fsp3) is 0.500. The number of hydrogen-bond acceptors (Lipinski definition) is 8. The smallest absolute Gasteiger partial charge is 0.326 e. The number of ether oxygens (including phenoxy) is 2. The molecule has 1 aliphatic rings.